The fourth-order valence-corrected chi connectivity index (χ4v) is 2.05. The minimum Gasteiger partial charge on any atom is -0.352 e. The number of rotatable bonds is 2. The van der Waals surface area contributed by atoms with E-state index in [1.807, 2.05) is 32.0 Å². The number of hydrogen-bond donors (Lipinski definition) is 1. The zero-order chi connectivity index (χ0) is 9.84. The van der Waals surface area contributed by atoms with Gasteiger partial charge in [0.2, 0.25) is 0 Å². The molecule has 0 spiro atoms. The first-order valence-corrected chi connectivity index (χ1v) is 5.28. The normalized spacial score (nSPS) is 9.77. The van der Waals surface area contributed by atoms with Crippen LogP contribution in [0.5, 0.6) is 0 Å². The predicted octanol–water partition coefficient (Wildman–Crippen LogP) is 2.35. The molecule has 0 bridgehead atoms. The maximum Gasteiger partial charge on any atom is 0.252 e. The number of halogens is 1. The Morgan fingerprint density at radius 2 is 2.23 bits per heavy atom. The molecule has 0 aliphatic carbocycles. The zero-order valence-corrected chi connectivity index (χ0v) is 9.88. The summed E-state index contributed by atoms with van der Waals surface area (Å²) in [5.41, 5.74) is 1.82. The van der Waals surface area contributed by atoms with Crippen LogP contribution in [0.2, 0.25) is 0 Å². The van der Waals surface area contributed by atoms with Crippen molar-refractivity contribution in [3.63, 3.8) is 0 Å². The molecule has 0 radical (unpaired) electrons. The standard InChI is InChI=1S/C10H12INO/c1-3-12-10(13)9-7(2)5-4-6-8(9)11/h4-6H,3H2,1-2H3,(H,12,13). The molecule has 0 aliphatic rings. The average molecular weight is 289 g/mol. The monoisotopic (exact) mass is 289 g/mol. The van der Waals surface area contributed by atoms with Crippen LogP contribution in [-0.4, -0.2) is 12.5 Å². The highest BCUT2D eigenvalue weighted by atomic mass is 127. The first kappa shape index (κ1) is 10.5. The second kappa shape index (κ2) is 4.60. The van der Waals surface area contributed by atoms with Crippen LogP contribution in [0.15, 0.2) is 18.2 Å². The first-order valence-electron chi connectivity index (χ1n) is 4.20. The topological polar surface area (TPSA) is 29.1 Å². The number of nitrogens with one attached hydrogen (secondary N) is 1. The van der Waals surface area contributed by atoms with E-state index >= 15 is 0 Å². The van der Waals surface area contributed by atoms with Gasteiger partial charge in [-0.25, -0.2) is 0 Å². The summed E-state index contributed by atoms with van der Waals surface area (Å²) < 4.78 is 1.00. The molecule has 3 heteroatoms. The van der Waals surface area contributed by atoms with Gasteiger partial charge in [0.1, 0.15) is 0 Å². The number of carbonyl (C=O) groups is 1. The lowest BCUT2D eigenvalue weighted by atomic mass is 10.1. The molecule has 1 amide bonds. The third-order valence-corrected chi connectivity index (χ3v) is 2.69. The molecule has 0 saturated carbocycles. The van der Waals surface area contributed by atoms with Crippen LogP contribution < -0.4 is 5.32 Å². The van der Waals surface area contributed by atoms with Gasteiger partial charge in [-0.1, -0.05) is 12.1 Å². The second-order valence-electron chi connectivity index (χ2n) is 2.79. The SMILES string of the molecule is CCNC(=O)c1c(C)cccc1I. The molecule has 13 heavy (non-hydrogen) atoms. The highest BCUT2D eigenvalue weighted by Gasteiger charge is 2.10. The summed E-state index contributed by atoms with van der Waals surface area (Å²) in [5, 5.41) is 2.80. The highest BCUT2D eigenvalue weighted by molar-refractivity contribution is 14.1. The molecule has 0 aromatic heterocycles. The summed E-state index contributed by atoms with van der Waals surface area (Å²) in [4.78, 5) is 11.6. The van der Waals surface area contributed by atoms with Gasteiger partial charge in [0.25, 0.3) is 5.91 Å². The first-order chi connectivity index (χ1) is 6.16. The minimum absolute atomic E-state index is 0.0185. The lowest BCUT2D eigenvalue weighted by molar-refractivity contribution is 0.0954. The van der Waals surface area contributed by atoms with Gasteiger partial charge in [0.05, 0.1) is 5.56 Å². The van der Waals surface area contributed by atoms with Crippen molar-refractivity contribution in [3.8, 4) is 0 Å². The Bertz CT molecular complexity index is 302. The summed E-state index contributed by atoms with van der Waals surface area (Å²) in [6.07, 6.45) is 0. The molecule has 2 nitrogen and oxygen atoms in total. The number of aryl methyl sites for hydroxylation is 1. The van der Waals surface area contributed by atoms with Crippen molar-refractivity contribution >= 4 is 28.5 Å². The van der Waals surface area contributed by atoms with Crippen LogP contribution in [0.3, 0.4) is 0 Å². The second-order valence-corrected chi connectivity index (χ2v) is 3.95. The largest absolute Gasteiger partial charge is 0.352 e. The third-order valence-electron chi connectivity index (χ3n) is 1.79. The van der Waals surface area contributed by atoms with Crippen molar-refractivity contribution in [2.75, 3.05) is 6.54 Å². The van der Waals surface area contributed by atoms with Crippen LogP contribution >= 0.6 is 22.6 Å². The smallest absolute Gasteiger partial charge is 0.252 e. The Kier molecular flexibility index (Phi) is 3.71. The molecule has 1 aromatic carbocycles. The number of hydrogen-bond acceptors (Lipinski definition) is 1. The highest BCUT2D eigenvalue weighted by Crippen LogP contribution is 2.15. The summed E-state index contributed by atoms with van der Waals surface area (Å²) in [6, 6.07) is 5.85. The summed E-state index contributed by atoms with van der Waals surface area (Å²) >= 11 is 2.18. The van der Waals surface area contributed by atoms with Crippen LogP contribution in [0.25, 0.3) is 0 Å². The van der Waals surface area contributed by atoms with Gasteiger partial charge in [0.15, 0.2) is 0 Å². The molecule has 1 rings (SSSR count). The van der Waals surface area contributed by atoms with Gasteiger partial charge in [-0.15, -0.1) is 0 Å². The molecule has 1 N–H and O–H groups in total. The number of benzene rings is 1. The maximum atomic E-state index is 11.6. The van der Waals surface area contributed by atoms with E-state index in [4.69, 9.17) is 0 Å². The van der Waals surface area contributed by atoms with E-state index in [2.05, 4.69) is 27.9 Å². The van der Waals surface area contributed by atoms with E-state index in [0.29, 0.717) is 6.54 Å². The lowest BCUT2D eigenvalue weighted by Gasteiger charge is -2.07. The summed E-state index contributed by atoms with van der Waals surface area (Å²) in [7, 11) is 0. The molecule has 1 aromatic rings. The van der Waals surface area contributed by atoms with E-state index in [9.17, 15) is 4.79 Å². The fraction of sp³-hybridized carbons (Fsp3) is 0.300. The van der Waals surface area contributed by atoms with Crippen LogP contribution in [0.1, 0.15) is 22.8 Å². The van der Waals surface area contributed by atoms with E-state index in [-0.39, 0.29) is 5.91 Å². The van der Waals surface area contributed by atoms with Gasteiger partial charge < -0.3 is 5.32 Å². The van der Waals surface area contributed by atoms with Crippen LogP contribution in [0, 0.1) is 10.5 Å². The van der Waals surface area contributed by atoms with Crippen molar-refractivity contribution in [1.82, 2.24) is 5.32 Å². The van der Waals surface area contributed by atoms with E-state index in [1.165, 1.54) is 0 Å². The number of amides is 1. The Morgan fingerprint density at radius 3 is 2.77 bits per heavy atom. The Hall–Kier alpha value is -0.580. The van der Waals surface area contributed by atoms with E-state index in [1.54, 1.807) is 0 Å². The van der Waals surface area contributed by atoms with Gasteiger partial charge in [0, 0.05) is 10.1 Å². The molecule has 70 valence electrons. The molecular formula is C10H12INO. The van der Waals surface area contributed by atoms with Crippen molar-refractivity contribution in [2.45, 2.75) is 13.8 Å². The van der Waals surface area contributed by atoms with E-state index < -0.39 is 0 Å². The van der Waals surface area contributed by atoms with E-state index in [0.717, 1.165) is 14.7 Å². The van der Waals surface area contributed by atoms with Crippen molar-refractivity contribution in [3.05, 3.63) is 32.9 Å². The Labute approximate surface area is 91.9 Å². The average Bonchev–Trinajstić information content (AvgIpc) is 2.04. The number of carbonyl (C=O) groups excluding carboxylic acids is 1. The molecule has 0 unspecified atom stereocenters. The van der Waals surface area contributed by atoms with Gasteiger partial charge >= 0.3 is 0 Å². The van der Waals surface area contributed by atoms with Gasteiger partial charge in [-0.05, 0) is 48.1 Å². The van der Waals surface area contributed by atoms with Crippen molar-refractivity contribution < 1.29 is 4.79 Å². The van der Waals surface area contributed by atoms with Crippen molar-refractivity contribution in [1.29, 1.82) is 0 Å². The zero-order valence-electron chi connectivity index (χ0n) is 7.73. The minimum atomic E-state index is 0.0185. The third kappa shape index (κ3) is 2.43. The molecule has 0 heterocycles. The van der Waals surface area contributed by atoms with Crippen LogP contribution in [-0.2, 0) is 0 Å². The fourth-order valence-electron chi connectivity index (χ4n) is 1.17. The quantitative estimate of drug-likeness (QED) is 0.832. The summed E-state index contributed by atoms with van der Waals surface area (Å²) in [6.45, 7) is 4.54. The Morgan fingerprint density at radius 1 is 1.54 bits per heavy atom. The molecule has 0 atom stereocenters. The molecule has 0 saturated heterocycles. The van der Waals surface area contributed by atoms with Crippen LogP contribution in [0.4, 0.5) is 0 Å². The Balaban J connectivity index is 3.05. The molecular weight excluding hydrogens is 277 g/mol. The lowest BCUT2D eigenvalue weighted by Crippen LogP contribution is -2.24. The predicted molar refractivity (Wildman–Crippen MR) is 61.9 cm³/mol. The maximum absolute atomic E-state index is 11.6. The summed E-state index contributed by atoms with van der Waals surface area (Å²) in [5.74, 6) is 0.0185. The van der Waals surface area contributed by atoms with Gasteiger partial charge in [-0.3, -0.25) is 4.79 Å². The van der Waals surface area contributed by atoms with Gasteiger partial charge in [-0.2, -0.15) is 0 Å². The van der Waals surface area contributed by atoms with Crippen molar-refractivity contribution in [2.24, 2.45) is 0 Å². The molecule has 0 fully saturated rings. The molecule has 0 aliphatic heterocycles.